The van der Waals surface area contributed by atoms with Crippen molar-refractivity contribution in [2.75, 3.05) is 4.90 Å². The summed E-state index contributed by atoms with van der Waals surface area (Å²) in [5, 5.41) is 5.19. The first-order valence-corrected chi connectivity index (χ1v) is 14.0. The van der Waals surface area contributed by atoms with Gasteiger partial charge in [0.1, 0.15) is 0 Å². The fraction of sp³-hybridized carbons (Fsp3) is 0.135. The largest absolute Gasteiger partial charge is 0.310 e. The van der Waals surface area contributed by atoms with Crippen molar-refractivity contribution >= 4 is 61.7 Å². The van der Waals surface area contributed by atoms with Gasteiger partial charge >= 0.3 is 0 Å². The van der Waals surface area contributed by atoms with Crippen LogP contribution in [0.25, 0.3) is 21.5 Å². The maximum absolute atomic E-state index is 2.57. The first-order valence-electron chi connectivity index (χ1n) is 14.0. The molecule has 0 atom stereocenters. The summed E-state index contributed by atoms with van der Waals surface area (Å²) in [5.74, 6) is 0. The first kappa shape index (κ1) is 22.7. The molecule has 0 saturated heterocycles. The number of hydrogen-bond acceptors (Lipinski definition) is 1. The van der Waals surface area contributed by atoms with Crippen LogP contribution in [0.4, 0.5) is 17.1 Å². The van der Waals surface area contributed by atoms with E-state index >= 15 is 0 Å². The van der Waals surface area contributed by atoms with E-state index in [1.165, 1.54) is 77.2 Å². The highest BCUT2D eigenvalue weighted by molar-refractivity contribution is 6.99. The summed E-state index contributed by atoms with van der Waals surface area (Å²) < 4.78 is 0. The molecular weight excluding hydrogens is 469 g/mol. The summed E-state index contributed by atoms with van der Waals surface area (Å²) in [7, 11) is 0. The molecule has 2 aliphatic rings. The predicted octanol–water partition coefficient (Wildman–Crippen LogP) is 7.55. The van der Waals surface area contributed by atoms with Gasteiger partial charge in [0, 0.05) is 33.2 Å². The molecule has 0 aliphatic carbocycles. The number of hydrogen-bond donors (Lipinski definition) is 0. The number of anilines is 3. The minimum absolute atomic E-state index is 0.112. The molecule has 0 N–H and O–H groups in total. The molecule has 1 nitrogen and oxygen atoms in total. The van der Waals surface area contributed by atoms with Gasteiger partial charge in [-0.1, -0.05) is 127 Å². The van der Waals surface area contributed by atoms with E-state index in [1.54, 1.807) is 0 Å². The molecule has 2 heteroatoms. The van der Waals surface area contributed by atoms with E-state index in [1.807, 2.05) is 0 Å². The maximum atomic E-state index is 2.57. The predicted molar refractivity (Wildman–Crippen MR) is 169 cm³/mol. The summed E-state index contributed by atoms with van der Waals surface area (Å²) >= 11 is 0. The zero-order chi connectivity index (χ0) is 26.5. The second-order valence-electron chi connectivity index (χ2n) is 12.0. The molecule has 8 rings (SSSR count). The van der Waals surface area contributed by atoms with Crippen LogP contribution >= 0.6 is 0 Å². The van der Waals surface area contributed by atoms with Gasteiger partial charge in [-0.3, -0.25) is 0 Å². The molecule has 0 radical (unpaired) electrons. The Morgan fingerprint density at radius 3 is 1.97 bits per heavy atom. The van der Waals surface area contributed by atoms with Gasteiger partial charge in [0.05, 0.1) is 0 Å². The van der Waals surface area contributed by atoms with Crippen LogP contribution in [0.2, 0.25) is 0 Å². The van der Waals surface area contributed by atoms with Crippen LogP contribution in [0, 0.1) is 13.8 Å². The fourth-order valence-electron chi connectivity index (χ4n) is 7.30. The Morgan fingerprint density at radius 2 is 1.21 bits per heavy atom. The Balaban J connectivity index is 1.61. The molecular formula is C37H30BN. The van der Waals surface area contributed by atoms with Crippen LogP contribution < -0.4 is 21.3 Å². The zero-order valence-electron chi connectivity index (χ0n) is 22.9. The van der Waals surface area contributed by atoms with Crippen LogP contribution in [0.15, 0.2) is 109 Å². The second kappa shape index (κ2) is 7.86. The summed E-state index contributed by atoms with van der Waals surface area (Å²) in [5.41, 5.74) is 13.5. The van der Waals surface area contributed by atoms with Crippen LogP contribution in [-0.2, 0) is 5.41 Å². The molecule has 39 heavy (non-hydrogen) atoms. The lowest BCUT2D eigenvalue weighted by Gasteiger charge is -2.46. The molecule has 0 amide bonds. The van der Waals surface area contributed by atoms with Crippen LogP contribution in [0.3, 0.4) is 0 Å². The third kappa shape index (κ3) is 3.03. The molecule has 6 aromatic rings. The standard InChI is InChI=1S/C37H30BN/c1-23-13-17-27(18-14-23)39-35-28-11-7-5-9-25(28)16-20-33(35)38-32-19-15-24(2)21-30(32)37(3,4)31-22-26-10-6-8-12-29(26)36(39)34(31)38/h5-22H,1-4H3. The van der Waals surface area contributed by atoms with Gasteiger partial charge in [0.25, 0.3) is 0 Å². The normalized spacial score (nSPS) is 14.8. The van der Waals surface area contributed by atoms with E-state index in [4.69, 9.17) is 0 Å². The van der Waals surface area contributed by atoms with E-state index < -0.39 is 0 Å². The van der Waals surface area contributed by atoms with Gasteiger partial charge in [-0.05, 0) is 58.8 Å². The van der Waals surface area contributed by atoms with Crippen molar-refractivity contribution in [3.63, 3.8) is 0 Å². The highest BCUT2D eigenvalue weighted by atomic mass is 15.2. The number of rotatable bonds is 1. The third-order valence-corrected chi connectivity index (χ3v) is 9.20. The number of fused-ring (bicyclic) bond motifs is 8. The van der Waals surface area contributed by atoms with Crippen LogP contribution in [0.1, 0.15) is 36.1 Å². The van der Waals surface area contributed by atoms with Crippen LogP contribution in [-0.4, -0.2) is 6.71 Å². The van der Waals surface area contributed by atoms with Crippen molar-refractivity contribution in [2.24, 2.45) is 0 Å². The molecule has 0 unspecified atom stereocenters. The summed E-state index contributed by atoms with van der Waals surface area (Å²) in [6.45, 7) is 9.40. The first-order chi connectivity index (χ1) is 18.9. The molecule has 0 aromatic heterocycles. The lowest BCUT2D eigenvalue weighted by molar-refractivity contribution is 0.646. The molecule has 0 fully saturated rings. The van der Waals surface area contributed by atoms with Crippen molar-refractivity contribution in [3.8, 4) is 0 Å². The molecule has 186 valence electrons. The summed E-state index contributed by atoms with van der Waals surface area (Å²) in [6, 6.07) is 41.2. The van der Waals surface area contributed by atoms with Gasteiger partial charge in [0.15, 0.2) is 0 Å². The SMILES string of the molecule is Cc1ccc(N2c3c(ccc4ccccc34)B3c4ccc(C)cc4C(C)(C)c4cc5ccccc5c2c43)cc1. The van der Waals surface area contributed by atoms with E-state index in [2.05, 4.69) is 142 Å². The van der Waals surface area contributed by atoms with Gasteiger partial charge < -0.3 is 4.90 Å². The molecule has 2 heterocycles. The minimum atomic E-state index is -0.112. The van der Waals surface area contributed by atoms with E-state index in [-0.39, 0.29) is 12.1 Å². The average Bonchev–Trinajstić information content (AvgIpc) is 2.95. The third-order valence-electron chi connectivity index (χ3n) is 9.20. The Morgan fingerprint density at radius 1 is 0.564 bits per heavy atom. The molecule has 0 saturated carbocycles. The van der Waals surface area contributed by atoms with Gasteiger partial charge in [0.2, 0.25) is 6.71 Å². The lowest BCUT2D eigenvalue weighted by atomic mass is 9.30. The second-order valence-corrected chi connectivity index (χ2v) is 12.0. The highest BCUT2D eigenvalue weighted by Crippen LogP contribution is 2.47. The fourth-order valence-corrected chi connectivity index (χ4v) is 7.30. The van der Waals surface area contributed by atoms with Crippen molar-refractivity contribution < 1.29 is 0 Å². The Hall–Kier alpha value is -4.30. The van der Waals surface area contributed by atoms with E-state index in [0.717, 1.165) is 0 Å². The van der Waals surface area contributed by atoms with Gasteiger partial charge in [-0.15, -0.1) is 0 Å². The molecule has 0 bridgehead atoms. The number of aryl methyl sites for hydroxylation is 2. The number of nitrogens with zero attached hydrogens (tertiary/aromatic N) is 1. The Bertz CT molecular complexity index is 1970. The van der Waals surface area contributed by atoms with Crippen molar-refractivity contribution in [3.05, 3.63) is 131 Å². The quantitative estimate of drug-likeness (QED) is 0.211. The number of benzene rings is 6. The molecule has 2 aliphatic heterocycles. The lowest BCUT2D eigenvalue weighted by Crippen LogP contribution is -2.64. The molecule has 0 spiro atoms. The topological polar surface area (TPSA) is 3.24 Å². The average molecular weight is 499 g/mol. The zero-order valence-corrected chi connectivity index (χ0v) is 22.9. The van der Waals surface area contributed by atoms with Crippen molar-refractivity contribution in [2.45, 2.75) is 33.1 Å². The van der Waals surface area contributed by atoms with Gasteiger partial charge in [-0.2, -0.15) is 0 Å². The highest BCUT2D eigenvalue weighted by Gasteiger charge is 2.47. The summed E-state index contributed by atoms with van der Waals surface area (Å²) in [4.78, 5) is 2.57. The summed E-state index contributed by atoms with van der Waals surface area (Å²) in [6.07, 6.45) is 0. The smallest absolute Gasteiger partial charge is 0.247 e. The van der Waals surface area contributed by atoms with E-state index in [0.29, 0.717) is 0 Å². The Kier molecular flexibility index (Phi) is 4.57. The minimum Gasteiger partial charge on any atom is -0.310 e. The van der Waals surface area contributed by atoms with Crippen LogP contribution in [0.5, 0.6) is 0 Å². The van der Waals surface area contributed by atoms with Crippen molar-refractivity contribution in [1.82, 2.24) is 0 Å². The molecule has 6 aromatic carbocycles. The van der Waals surface area contributed by atoms with Crippen molar-refractivity contribution in [1.29, 1.82) is 0 Å². The van der Waals surface area contributed by atoms with Gasteiger partial charge in [-0.25, -0.2) is 0 Å². The Labute approximate surface area is 230 Å². The maximum Gasteiger partial charge on any atom is 0.247 e. The van der Waals surface area contributed by atoms with E-state index in [9.17, 15) is 0 Å². The monoisotopic (exact) mass is 499 g/mol.